The summed E-state index contributed by atoms with van der Waals surface area (Å²) >= 11 is 0. The molecule has 1 unspecified atom stereocenters. The van der Waals surface area contributed by atoms with Gasteiger partial charge in [0, 0.05) is 0 Å². The molecule has 0 saturated carbocycles. The molecule has 0 bridgehead atoms. The zero-order chi connectivity index (χ0) is 13.2. The molecule has 19 heavy (non-hydrogen) atoms. The molecule has 1 aliphatic rings. The average Bonchev–Trinajstić information content (AvgIpc) is 2.42. The second-order valence-electron chi connectivity index (χ2n) is 5.02. The summed E-state index contributed by atoms with van der Waals surface area (Å²) in [6, 6.07) is 13.2. The van der Waals surface area contributed by atoms with Gasteiger partial charge in [-0.05, 0) is 48.6 Å². The highest BCUT2D eigenvalue weighted by Gasteiger charge is 2.19. The van der Waals surface area contributed by atoms with Gasteiger partial charge >= 0.3 is 0 Å². The maximum atomic E-state index is 13.1. The molecule has 0 aromatic heterocycles. The van der Waals surface area contributed by atoms with Gasteiger partial charge in [0.2, 0.25) is 0 Å². The number of hydrogen-bond acceptors (Lipinski definition) is 2. The highest BCUT2D eigenvalue weighted by molar-refractivity contribution is 5.66. The van der Waals surface area contributed by atoms with E-state index >= 15 is 0 Å². The number of nitrogens with two attached hydrogens (primary N) is 1. The smallest absolute Gasteiger partial charge is 0.125 e. The average molecular weight is 256 g/mol. The van der Waals surface area contributed by atoms with Crippen LogP contribution in [0.3, 0.4) is 0 Å². The molecule has 2 nitrogen and oxygen atoms in total. The van der Waals surface area contributed by atoms with E-state index in [2.05, 4.69) is 29.6 Å². The largest absolute Gasteiger partial charge is 0.397 e. The molecule has 0 amide bonds. The number of anilines is 2. The highest BCUT2D eigenvalue weighted by atomic mass is 19.1. The van der Waals surface area contributed by atoms with E-state index in [1.807, 2.05) is 0 Å². The van der Waals surface area contributed by atoms with Crippen molar-refractivity contribution >= 4 is 11.4 Å². The van der Waals surface area contributed by atoms with Crippen molar-refractivity contribution in [2.75, 3.05) is 11.1 Å². The lowest BCUT2D eigenvalue weighted by Crippen LogP contribution is -2.17. The second kappa shape index (κ2) is 4.92. The van der Waals surface area contributed by atoms with Gasteiger partial charge in [-0.2, -0.15) is 0 Å². The van der Waals surface area contributed by atoms with E-state index in [1.54, 1.807) is 6.07 Å². The maximum Gasteiger partial charge on any atom is 0.125 e. The molecular weight excluding hydrogens is 239 g/mol. The predicted molar refractivity (Wildman–Crippen MR) is 76.6 cm³/mol. The summed E-state index contributed by atoms with van der Waals surface area (Å²) in [7, 11) is 0. The summed E-state index contributed by atoms with van der Waals surface area (Å²) in [6.45, 7) is 0. The Morgan fingerprint density at radius 2 is 2.00 bits per heavy atom. The quantitative estimate of drug-likeness (QED) is 0.800. The third-order valence-corrected chi connectivity index (χ3v) is 3.71. The maximum absolute atomic E-state index is 13.1. The Bertz CT molecular complexity index is 595. The number of fused-ring (bicyclic) bond motifs is 1. The highest BCUT2D eigenvalue weighted by Crippen LogP contribution is 2.33. The molecule has 3 rings (SSSR count). The number of halogens is 1. The van der Waals surface area contributed by atoms with Gasteiger partial charge in [-0.15, -0.1) is 0 Å². The number of aryl methyl sites for hydroxylation is 1. The Kier molecular flexibility index (Phi) is 3.11. The monoisotopic (exact) mass is 256 g/mol. The predicted octanol–water partition coefficient (Wildman–Crippen LogP) is 3.90. The van der Waals surface area contributed by atoms with Gasteiger partial charge in [-0.3, -0.25) is 0 Å². The normalized spacial score (nSPS) is 17.8. The van der Waals surface area contributed by atoms with Crippen molar-refractivity contribution in [2.24, 2.45) is 0 Å². The van der Waals surface area contributed by atoms with Crippen LogP contribution in [0, 0.1) is 5.82 Å². The fourth-order valence-corrected chi connectivity index (χ4v) is 2.76. The second-order valence-corrected chi connectivity index (χ2v) is 5.02. The lowest BCUT2D eigenvalue weighted by atomic mass is 9.87. The number of benzene rings is 2. The minimum atomic E-state index is -0.299. The van der Waals surface area contributed by atoms with Crippen molar-refractivity contribution in [3.8, 4) is 0 Å². The topological polar surface area (TPSA) is 38.0 Å². The van der Waals surface area contributed by atoms with Crippen LogP contribution in [-0.4, -0.2) is 0 Å². The first-order valence-electron chi connectivity index (χ1n) is 6.63. The van der Waals surface area contributed by atoms with Gasteiger partial charge in [-0.25, -0.2) is 4.39 Å². The Morgan fingerprint density at radius 3 is 2.84 bits per heavy atom. The molecule has 1 aliphatic carbocycles. The Labute approximate surface area is 112 Å². The van der Waals surface area contributed by atoms with E-state index in [4.69, 9.17) is 5.73 Å². The van der Waals surface area contributed by atoms with Crippen LogP contribution in [0.5, 0.6) is 0 Å². The summed E-state index contributed by atoms with van der Waals surface area (Å²) in [5.41, 5.74) is 9.85. The molecule has 2 aromatic carbocycles. The minimum absolute atomic E-state index is 0.262. The van der Waals surface area contributed by atoms with Crippen LogP contribution in [0.15, 0.2) is 42.5 Å². The van der Waals surface area contributed by atoms with Gasteiger partial charge in [0.25, 0.3) is 0 Å². The fourth-order valence-electron chi connectivity index (χ4n) is 2.76. The molecule has 98 valence electrons. The Morgan fingerprint density at radius 1 is 1.16 bits per heavy atom. The molecule has 0 aliphatic heterocycles. The third kappa shape index (κ3) is 2.41. The van der Waals surface area contributed by atoms with Crippen molar-refractivity contribution < 1.29 is 4.39 Å². The minimum Gasteiger partial charge on any atom is -0.397 e. The number of nitrogens with one attached hydrogen (secondary N) is 1. The summed E-state index contributed by atoms with van der Waals surface area (Å²) in [5, 5.41) is 3.44. The number of nitrogen functional groups attached to an aromatic ring is 1. The molecule has 0 radical (unpaired) electrons. The molecule has 2 aromatic rings. The molecule has 3 N–H and O–H groups in total. The van der Waals surface area contributed by atoms with Crippen molar-refractivity contribution in [1.29, 1.82) is 0 Å². The first kappa shape index (κ1) is 12.0. The Balaban J connectivity index is 1.88. The van der Waals surface area contributed by atoms with Crippen LogP contribution in [0.25, 0.3) is 0 Å². The first-order chi connectivity index (χ1) is 9.24. The van der Waals surface area contributed by atoms with E-state index in [1.165, 1.54) is 23.3 Å². The van der Waals surface area contributed by atoms with E-state index < -0.39 is 0 Å². The van der Waals surface area contributed by atoms with Crippen molar-refractivity contribution in [1.82, 2.24) is 0 Å². The van der Waals surface area contributed by atoms with Gasteiger partial charge in [0.15, 0.2) is 0 Å². The standard InChI is InChI=1S/C16H17FN2/c17-12-8-9-16(14(18)10-12)19-15-7-3-5-11-4-1-2-6-13(11)15/h1-2,4,6,8-10,15,19H,3,5,7,18H2. The summed E-state index contributed by atoms with van der Waals surface area (Å²) in [6.07, 6.45) is 3.37. The Hall–Kier alpha value is -2.03. The summed E-state index contributed by atoms with van der Waals surface area (Å²) < 4.78 is 13.1. The van der Waals surface area contributed by atoms with Crippen molar-refractivity contribution in [2.45, 2.75) is 25.3 Å². The fraction of sp³-hybridized carbons (Fsp3) is 0.250. The van der Waals surface area contributed by atoms with Gasteiger partial charge in [0.1, 0.15) is 5.82 Å². The van der Waals surface area contributed by atoms with Crippen LogP contribution in [0.4, 0.5) is 15.8 Å². The van der Waals surface area contributed by atoms with E-state index in [0.29, 0.717) is 5.69 Å². The molecule has 0 saturated heterocycles. The molecule has 3 heteroatoms. The SMILES string of the molecule is Nc1cc(F)ccc1NC1CCCc2ccccc21. The molecule has 0 fully saturated rings. The zero-order valence-corrected chi connectivity index (χ0v) is 10.7. The van der Waals surface area contributed by atoms with E-state index in [9.17, 15) is 4.39 Å². The van der Waals surface area contributed by atoms with Crippen molar-refractivity contribution in [3.05, 3.63) is 59.4 Å². The third-order valence-electron chi connectivity index (χ3n) is 3.71. The van der Waals surface area contributed by atoms with Crippen LogP contribution in [-0.2, 0) is 6.42 Å². The summed E-state index contributed by atoms with van der Waals surface area (Å²) in [4.78, 5) is 0. The number of rotatable bonds is 2. The van der Waals surface area contributed by atoms with Gasteiger partial charge in [-0.1, -0.05) is 24.3 Å². The van der Waals surface area contributed by atoms with Crippen LogP contribution >= 0.6 is 0 Å². The van der Waals surface area contributed by atoms with Crippen LogP contribution in [0.1, 0.15) is 30.0 Å². The molecule has 0 spiro atoms. The van der Waals surface area contributed by atoms with Crippen LogP contribution < -0.4 is 11.1 Å². The summed E-state index contributed by atoms with van der Waals surface area (Å²) in [5.74, 6) is -0.299. The lowest BCUT2D eigenvalue weighted by molar-refractivity contribution is 0.600. The van der Waals surface area contributed by atoms with Crippen LogP contribution in [0.2, 0.25) is 0 Å². The zero-order valence-electron chi connectivity index (χ0n) is 10.7. The van der Waals surface area contributed by atoms with Crippen molar-refractivity contribution in [3.63, 3.8) is 0 Å². The molecule has 1 atom stereocenters. The first-order valence-corrected chi connectivity index (χ1v) is 6.63. The van der Waals surface area contributed by atoms with Gasteiger partial charge in [0.05, 0.1) is 17.4 Å². The van der Waals surface area contributed by atoms with E-state index in [-0.39, 0.29) is 11.9 Å². The molecular formula is C16H17FN2. The number of hydrogen-bond donors (Lipinski definition) is 2. The lowest BCUT2D eigenvalue weighted by Gasteiger charge is -2.27. The molecule has 0 heterocycles. The van der Waals surface area contributed by atoms with Gasteiger partial charge < -0.3 is 11.1 Å². The van der Waals surface area contributed by atoms with E-state index in [0.717, 1.165) is 24.9 Å².